The highest BCUT2D eigenvalue weighted by Crippen LogP contribution is 2.32. The second-order valence-electron chi connectivity index (χ2n) is 7.75. The van der Waals surface area contributed by atoms with Crippen LogP contribution in [0, 0.1) is 0 Å². The zero-order chi connectivity index (χ0) is 20.1. The number of hydrogen-bond donors (Lipinski definition) is 0. The Bertz CT molecular complexity index is 698. The molecule has 1 aromatic carbocycles. The van der Waals surface area contributed by atoms with Crippen LogP contribution in [0.2, 0.25) is 0 Å². The molecule has 6 nitrogen and oxygen atoms in total. The Morgan fingerprint density at radius 3 is 2.46 bits per heavy atom. The molecule has 0 aromatic heterocycles. The molecule has 2 heterocycles. The van der Waals surface area contributed by atoms with E-state index in [9.17, 15) is 9.59 Å². The molecule has 3 rings (SSSR count). The minimum Gasteiger partial charge on any atom is -0.493 e. The first-order valence-electron chi connectivity index (χ1n) is 10.4. The van der Waals surface area contributed by atoms with E-state index in [4.69, 9.17) is 9.47 Å². The molecule has 2 saturated heterocycles. The number of piperidine rings is 2. The van der Waals surface area contributed by atoms with Gasteiger partial charge in [0.1, 0.15) is 6.10 Å². The monoisotopic (exact) mass is 388 g/mol. The van der Waals surface area contributed by atoms with Crippen molar-refractivity contribution in [1.29, 1.82) is 0 Å². The average Bonchev–Trinajstić information content (AvgIpc) is 2.73. The molecule has 0 bridgehead atoms. The number of benzene rings is 1. The third-order valence-electron chi connectivity index (χ3n) is 5.95. The molecule has 0 N–H and O–H groups in total. The lowest BCUT2D eigenvalue weighted by Gasteiger charge is -2.35. The fourth-order valence-corrected chi connectivity index (χ4v) is 4.23. The van der Waals surface area contributed by atoms with Gasteiger partial charge < -0.3 is 19.3 Å². The summed E-state index contributed by atoms with van der Waals surface area (Å²) < 4.78 is 11.7. The molecule has 2 fully saturated rings. The lowest BCUT2D eigenvalue weighted by Crippen LogP contribution is -2.43. The third-order valence-corrected chi connectivity index (χ3v) is 5.95. The van der Waals surface area contributed by atoms with Gasteiger partial charge in [0.05, 0.1) is 7.11 Å². The summed E-state index contributed by atoms with van der Waals surface area (Å²) in [4.78, 5) is 28.5. The number of likely N-dealkylation sites (tertiary alicyclic amines) is 2. The van der Waals surface area contributed by atoms with Crippen LogP contribution < -0.4 is 9.47 Å². The third kappa shape index (κ3) is 4.59. The fraction of sp³-hybridized carbons (Fsp3) is 0.636. The predicted octanol–water partition coefficient (Wildman–Crippen LogP) is 3.49. The smallest absolute Gasteiger partial charge is 0.254 e. The van der Waals surface area contributed by atoms with Crippen molar-refractivity contribution in [3.05, 3.63) is 23.8 Å². The molecule has 1 aromatic rings. The van der Waals surface area contributed by atoms with Gasteiger partial charge in [-0.1, -0.05) is 6.92 Å². The Morgan fingerprint density at radius 2 is 1.82 bits per heavy atom. The molecule has 1 atom stereocenters. The molecule has 0 unspecified atom stereocenters. The topological polar surface area (TPSA) is 59.1 Å². The van der Waals surface area contributed by atoms with E-state index in [0.29, 0.717) is 36.2 Å². The molecule has 0 saturated carbocycles. The minimum atomic E-state index is 0.0215. The first kappa shape index (κ1) is 20.5. The van der Waals surface area contributed by atoms with Gasteiger partial charge in [0, 0.05) is 51.0 Å². The number of nitrogens with zero attached hydrogens (tertiary/aromatic N) is 2. The second kappa shape index (κ2) is 9.30. The van der Waals surface area contributed by atoms with Gasteiger partial charge >= 0.3 is 0 Å². The van der Waals surface area contributed by atoms with E-state index in [1.807, 2.05) is 28.0 Å². The van der Waals surface area contributed by atoms with Crippen molar-refractivity contribution in [1.82, 2.24) is 9.80 Å². The molecule has 0 aliphatic carbocycles. The van der Waals surface area contributed by atoms with Crippen LogP contribution >= 0.6 is 0 Å². The first-order chi connectivity index (χ1) is 13.5. The van der Waals surface area contributed by atoms with Crippen LogP contribution in [-0.4, -0.2) is 60.5 Å². The summed E-state index contributed by atoms with van der Waals surface area (Å²) in [5.74, 6) is 1.43. The van der Waals surface area contributed by atoms with Gasteiger partial charge in [-0.3, -0.25) is 9.59 Å². The Hall–Kier alpha value is -2.24. The lowest BCUT2D eigenvalue weighted by atomic mass is 9.99. The molecule has 28 heavy (non-hydrogen) atoms. The maximum absolute atomic E-state index is 13.1. The summed E-state index contributed by atoms with van der Waals surface area (Å²) in [6, 6.07) is 5.79. The fourth-order valence-electron chi connectivity index (χ4n) is 4.23. The standard InChI is InChI=1S/C22H32N2O4/c1-4-18-7-5-6-12-24(18)22(26)17-8-9-20(27-3)21(15-17)28-19-10-13-23(14-11-19)16(2)25/h8-9,15,18-19H,4-7,10-14H2,1-3H3/t18-/m0/s1. The molecule has 154 valence electrons. The number of rotatable bonds is 5. The number of methoxy groups -OCH3 is 1. The van der Waals surface area contributed by atoms with Gasteiger partial charge in [0.25, 0.3) is 5.91 Å². The van der Waals surface area contributed by atoms with Crippen LogP contribution in [0.1, 0.15) is 62.7 Å². The molecule has 2 amide bonds. The first-order valence-corrected chi connectivity index (χ1v) is 10.4. The summed E-state index contributed by atoms with van der Waals surface area (Å²) in [5.41, 5.74) is 0.650. The molecule has 0 spiro atoms. The minimum absolute atomic E-state index is 0.0215. The van der Waals surface area contributed by atoms with Crippen molar-refractivity contribution in [2.45, 2.75) is 64.5 Å². The molecular weight excluding hydrogens is 356 g/mol. The van der Waals surface area contributed by atoms with Crippen LogP contribution in [-0.2, 0) is 4.79 Å². The summed E-state index contributed by atoms with van der Waals surface area (Å²) in [7, 11) is 1.61. The Labute approximate surface area is 167 Å². The number of ether oxygens (including phenoxy) is 2. The van der Waals surface area contributed by atoms with Gasteiger partial charge in [0.15, 0.2) is 11.5 Å². The van der Waals surface area contributed by atoms with Crippen LogP contribution in [0.5, 0.6) is 11.5 Å². The predicted molar refractivity (Wildman–Crippen MR) is 108 cm³/mol. The number of carbonyl (C=O) groups is 2. The van der Waals surface area contributed by atoms with Crippen molar-refractivity contribution in [2.24, 2.45) is 0 Å². The molecule has 2 aliphatic rings. The van der Waals surface area contributed by atoms with Gasteiger partial charge in [-0.2, -0.15) is 0 Å². The zero-order valence-corrected chi connectivity index (χ0v) is 17.3. The van der Waals surface area contributed by atoms with E-state index < -0.39 is 0 Å². The number of hydrogen-bond acceptors (Lipinski definition) is 4. The van der Waals surface area contributed by atoms with E-state index in [1.54, 1.807) is 14.0 Å². The Balaban J connectivity index is 1.73. The van der Waals surface area contributed by atoms with E-state index in [1.165, 1.54) is 6.42 Å². The Kier molecular flexibility index (Phi) is 6.81. The molecule has 0 radical (unpaired) electrons. The second-order valence-corrected chi connectivity index (χ2v) is 7.75. The SMILES string of the molecule is CC[C@H]1CCCCN1C(=O)c1ccc(OC)c(OC2CCN(C(C)=O)CC2)c1. The van der Waals surface area contributed by atoms with Crippen LogP contribution in [0.15, 0.2) is 18.2 Å². The summed E-state index contributed by atoms with van der Waals surface area (Å²) >= 11 is 0. The van der Waals surface area contributed by atoms with Crippen molar-refractivity contribution in [2.75, 3.05) is 26.7 Å². The molecule has 6 heteroatoms. The van der Waals surface area contributed by atoms with Crippen LogP contribution in [0.4, 0.5) is 0 Å². The summed E-state index contributed by atoms with van der Waals surface area (Å²) in [5, 5.41) is 0. The highest BCUT2D eigenvalue weighted by molar-refractivity contribution is 5.95. The van der Waals surface area contributed by atoms with Gasteiger partial charge in [0.2, 0.25) is 5.91 Å². The number of amides is 2. The van der Waals surface area contributed by atoms with Crippen molar-refractivity contribution >= 4 is 11.8 Å². The molecular formula is C22H32N2O4. The zero-order valence-electron chi connectivity index (χ0n) is 17.3. The number of carbonyl (C=O) groups excluding carboxylic acids is 2. The largest absolute Gasteiger partial charge is 0.493 e. The maximum atomic E-state index is 13.1. The summed E-state index contributed by atoms with van der Waals surface area (Å²) in [6.07, 6.45) is 5.91. The normalized spacial score (nSPS) is 20.8. The quantitative estimate of drug-likeness (QED) is 0.775. The Morgan fingerprint density at radius 1 is 1.07 bits per heavy atom. The molecule has 2 aliphatic heterocycles. The van der Waals surface area contributed by atoms with Crippen LogP contribution in [0.3, 0.4) is 0 Å². The van der Waals surface area contributed by atoms with E-state index in [0.717, 1.165) is 38.6 Å². The van der Waals surface area contributed by atoms with Crippen molar-refractivity contribution < 1.29 is 19.1 Å². The van der Waals surface area contributed by atoms with E-state index >= 15 is 0 Å². The van der Waals surface area contributed by atoms with Crippen molar-refractivity contribution in [3.8, 4) is 11.5 Å². The highest BCUT2D eigenvalue weighted by Gasteiger charge is 2.28. The lowest BCUT2D eigenvalue weighted by molar-refractivity contribution is -0.130. The highest BCUT2D eigenvalue weighted by atomic mass is 16.5. The summed E-state index contributed by atoms with van der Waals surface area (Å²) in [6.45, 7) is 5.97. The van der Waals surface area contributed by atoms with E-state index in [-0.39, 0.29) is 17.9 Å². The van der Waals surface area contributed by atoms with E-state index in [2.05, 4.69) is 6.92 Å². The average molecular weight is 389 g/mol. The van der Waals surface area contributed by atoms with Crippen molar-refractivity contribution in [3.63, 3.8) is 0 Å². The van der Waals surface area contributed by atoms with Gasteiger partial charge in [-0.05, 0) is 43.9 Å². The van der Waals surface area contributed by atoms with Gasteiger partial charge in [-0.25, -0.2) is 0 Å². The van der Waals surface area contributed by atoms with Gasteiger partial charge in [-0.15, -0.1) is 0 Å². The van der Waals surface area contributed by atoms with Crippen LogP contribution in [0.25, 0.3) is 0 Å². The maximum Gasteiger partial charge on any atom is 0.254 e.